The Kier molecular flexibility index (Phi) is 4.92. The Labute approximate surface area is 169 Å². The smallest absolute Gasteiger partial charge is 0.266 e. The van der Waals surface area contributed by atoms with Gasteiger partial charge in [0, 0.05) is 4.47 Å². The molecule has 0 aliphatic carbocycles. The Morgan fingerprint density at radius 1 is 1.00 bits per heavy atom. The minimum Gasteiger partial charge on any atom is -0.268 e. The van der Waals surface area contributed by atoms with E-state index in [-0.39, 0.29) is 11.4 Å². The first-order valence-electron chi connectivity index (χ1n) is 8.75. The van der Waals surface area contributed by atoms with Crippen LogP contribution < -0.4 is 5.56 Å². The van der Waals surface area contributed by atoms with Gasteiger partial charge in [0.1, 0.15) is 11.6 Å². The number of nitrogens with zero attached hydrogens (tertiary/aromatic N) is 2. The summed E-state index contributed by atoms with van der Waals surface area (Å²) in [7, 11) is 0. The van der Waals surface area contributed by atoms with E-state index in [9.17, 15) is 9.18 Å². The summed E-state index contributed by atoms with van der Waals surface area (Å²) < 4.78 is 16.0. The summed E-state index contributed by atoms with van der Waals surface area (Å²) in [4.78, 5) is 17.9. The van der Waals surface area contributed by atoms with Crippen molar-refractivity contribution in [2.24, 2.45) is 0 Å². The molecule has 0 fully saturated rings. The lowest BCUT2D eigenvalue weighted by molar-refractivity contribution is 0.627. The molecule has 0 radical (unpaired) electrons. The summed E-state index contributed by atoms with van der Waals surface area (Å²) in [5, 5.41) is 0.547. The van der Waals surface area contributed by atoms with Crippen LogP contribution in [0.25, 0.3) is 28.7 Å². The van der Waals surface area contributed by atoms with Gasteiger partial charge in [-0.05, 0) is 66.6 Å². The average molecular weight is 435 g/mol. The number of aromatic nitrogens is 2. The molecule has 0 aliphatic rings. The third kappa shape index (κ3) is 3.53. The van der Waals surface area contributed by atoms with Gasteiger partial charge in [-0.15, -0.1) is 0 Å². The van der Waals surface area contributed by atoms with Crippen LogP contribution in [0.4, 0.5) is 4.39 Å². The molecular formula is C23H16BrFN2O. The van der Waals surface area contributed by atoms with E-state index in [1.54, 1.807) is 34.9 Å². The molecule has 0 saturated heterocycles. The van der Waals surface area contributed by atoms with E-state index >= 15 is 0 Å². The second kappa shape index (κ2) is 7.52. The highest BCUT2D eigenvalue weighted by atomic mass is 79.9. The number of fused-ring (bicyclic) bond motifs is 1. The summed E-state index contributed by atoms with van der Waals surface area (Å²) in [6.07, 6.45) is 3.49. The van der Waals surface area contributed by atoms with E-state index in [0.717, 1.165) is 15.7 Å². The van der Waals surface area contributed by atoms with Crippen molar-refractivity contribution in [3.05, 3.63) is 104 Å². The lowest BCUT2D eigenvalue weighted by atomic mass is 10.2. The van der Waals surface area contributed by atoms with Gasteiger partial charge in [-0.1, -0.05) is 46.3 Å². The van der Waals surface area contributed by atoms with Crippen LogP contribution in [0.15, 0.2) is 76.0 Å². The first-order valence-corrected chi connectivity index (χ1v) is 9.54. The van der Waals surface area contributed by atoms with Crippen molar-refractivity contribution < 1.29 is 4.39 Å². The molecule has 0 atom stereocenters. The standard InChI is InChI=1S/C23H16BrFN2O/c1-15-13-18(10-11-20(15)24)27-22(12-9-16-5-4-6-17(25)14-16)26-21-8-3-2-7-19(21)23(27)28/h2-14H,1H3/b12-9+. The van der Waals surface area contributed by atoms with Gasteiger partial charge in [0.2, 0.25) is 0 Å². The van der Waals surface area contributed by atoms with Gasteiger partial charge >= 0.3 is 0 Å². The highest BCUT2D eigenvalue weighted by molar-refractivity contribution is 9.10. The van der Waals surface area contributed by atoms with Gasteiger partial charge in [0.05, 0.1) is 16.6 Å². The first-order chi connectivity index (χ1) is 13.5. The largest absolute Gasteiger partial charge is 0.268 e. The number of para-hydroxylation sites is 1. The quantitative estimate of drug-likeness (QED) is 0.410. The Bertz CT molecular complexity index is 1280. The van der Waals surface area contributed by atoms with E-state index in [1.165, 1.54) is 12.1 Å². The Hall–Kier alpha value is -3.05. The summed E-state index contributed by atoms with van der Waals surface area (Å²) in [5.74, 6) is 0.171. The molecule has 0 spiro atoms. The van der Waals surface area contributed by atoms with Crippen LogP contribution in [0, 0.1) is 12.7 Å². The SMILES string of the molecule is Cc1cc(-n2c(/C=C/c3cccc(F)c3)nc3ccccc3c2=O)ccc1Br. The summed E-state index contributed by atoms with van der Waals surface area (Å²) in [6.45, 7) is 1.97. The van der Waals surface area contributed by atoms with Crippen LogP contribution in [0.5, 0.6) is 0 Å². The van der Waals surface area contributed by atoms with Crippen molar-refractivity contribution in [2.45, 2.75) is 6.92 Å². The predicted molar refractivity (Wildman–Crippen MR) is 115 cm³/mol. The van der Waals surface area contributed by atoms with Crippen molar-refractivity contribution >= 4 is 39.0 Å². The summed E-state index contributed by atoms with van der Waals surface area (Å²) >= 11 is 3.49. The fourth-order valence-electron chi connectivity index (χ4n) is 3.06. The predicted octanol–water partition coefficient (Wildman–Crippen LogP) is 5.77. The fourth-order valence-corrected chi connectivity index (χ4v) is 3.31. The molecule has 0 N–H and O–H groups in total. The molecule has 3 aromatic carbocycles. The maximum atomic E-state index is 13.5. The molecule has 1 heterocycles. The topological polar surface area (TPSA) is 34.9 Å². The van der Waals surface area contributed by atoms with Crippen LogP contribution >= 0.6 is 15.9 Å². The van der Waals surface area contributed by atoms with E-state index in [1.807, 2.05) is 43.3 Å². The molecule has 4 aromatic rings. The van der Waals surface area contributed by atoms with Crippen LogP contribution in [-0.4, -0.2) is 9.55 Å². The zero-order valence-electron chi connectivity index (χ0n) is 15.1. The third-order valence-corrected chi connectivity index (χ3v) is 5.36. The molecule has 0 unspecified atom stereocenters. The molecule has 1 aromatic heterocycles. The molecule has 138 valence electrons. The minimum atomic E-state index is -0.311. The highest BCUT2D eigenvalue weighted by Crippen LogP contribution is 2.21. The van der Waals surface area contributed by atoms with Gasteiger partial charge in [-0.3, -0.25) is 9.36 Å². The average Bonchev–Trinajstić information content (AvgIpc) is 2.69. The van der Waals surface area contributed by atoms with E-state index in [2.05, 4.69) is 20.9 Å². The Morgan fingerprint density at radius 3 is 2.61 bits per heavy atom. The Balaban J connectivity index is 1.95. The zero-order chi connectivity index (χ0) is 19.7. The lowest BCUT2D eigenvalue weighted by Crippen LogP contribution is -2.22. The van der Waals surface area contributed by atoms with Gasteiger partial charge < -0.3 is 0 Å². The number of aryl methyl sites for hydroxylation is 1. The maximum Gasteiger partial charge on any atom is 0.266 e. The summed E-state index contributed by atoms with van der Waals surface area (Å²) in [6, 6.07) is 19.2. The second-order valence-electron chi connectivity index (χ2n) is 6.45. The van der Waals surface area contributed by atoms with Crippen molar-refractivity contribution in [2.75, 3.05) is 0 Å². The van der Waals surface area contributed by atoms with Crippen molar-refractivity contribution in [3.63, 3.8) is 0 Å². The number of rotatable bonds is 3. The van der Waals surface area contributed by atoms with Crippen LogP contribution in [0.3, 0.4) is 0 Å². The second-order valence-corrected chi connectivity index (χ2v) is 7.30. The lowest BCUT2D eigenvalue weighted by Gasteiger charge is -2.12. The van der Waals surface area contributed by atoms with Gasteiger partial charge in [0.15, 0.2) is 0 Å². The normalized spacial score (nSPS) is 11.4. The number of hydrogen-bond acceptors (Lipinski definition) is 2. The highest BCUT2D eigenvalue weighted by Gasteiger charge is 2.11. The van der Waals surface area contributed by atoms with Gasteiger partial charge in [-0.2, -0.15) is 0 Å². The molecule has 0 bridgehead atoms. The third-order valence-electron chi connectivity index (χ3n) is 4.47. The van der Waals surface area contributed by atoms with E-state index in [0.29, 0.717) is 22.3 Å². The number of hydrogen-bond donors (Lipinski definition) is 0. The first kappa shape index (κ1) is 18.3. The maximum absolute atomic E-state index is 13.5. The van der Waals surface area contributed by atoms with Crippen LogP contribution in [0.1, 0.15) is 17.0 Å². The van der Waals surface area contributed by atoms with E-state index < -0.39 is 0 Å². The van der Waals surface area contributed by atoms with E-state index in [4.69, 9.17) is 0 Å². The minimum absolute atomic E-state index is 0.147. The van der Waals surface area contributed by atoms with Gasteiger partial charge in [0.25, 0.3) is 5.56 Å². The molecule has 0 saturated carbocycles. The van der Waals surface area contributed by atoms with Crippen LogP contribution in [0.2, 0.25) is 0 Å². The molecule has 0 aliphatic heterocycles. The summed E-state index contributed by atoms with van der Waals surface area (Å²) in [5.41, 5.74) is 2.91. The van der Waals surface area contributed by atoms with Crippen molar-refractivity contribution in [1.82, 2.24) is 9.55 Å². The number of halogens is 2. The van der Waals surface area contributed by atoms with Crippen molar-refractivity contribution in [1.29, 1.82) is 0 Å². The van der Waals surface area contributed by atoms with Gasteiger partial charge in [-0.25, -0.2) is 9.37 Å². The molecule has 28 heavy (non-hydrogen) atoms. The molecule has 3 nitrogen and oxygen atoms in total. The fraction of sp³-hybridized carbons (Fsp3) is 0.0435. The monoisotopic (exact) mass is 434 g/mol. The number of benzene rings is 3. The Morgan fingerprint density at radius 2 is 1.82 bits per heavy atom. The zero-order valence-corrected chi connectivity index (χ0v) is 16.7. The molecule has 0 amide bonds. The molecule has 4 rings (SSSR count). The molecular weight excluding hydrogens is 419 g/mol. The molecule has 5 heteroatoms. The van der Waals surface area contributed by atoms with Crippen LogP contribution in [-0.2, 0) is 0 Å². The van der Waals surface area contributed by atoms with Crippen molar-refractivity contribution in [3.8, 4) is 5.69 Å².